The number of methoxy groups -OCH3 is 3. The van der Waals surface area contributed by atoms with Crippen molar-refractivity contribution in [2.45, 2.75) is 26.4 Å². The number of amides is 1. The molecule has 1 aliphatic rings. The maximum absolute atomic E-state index is 12.1. The zero-order valence-electron chi connectivity index (χ0n) is 14.7. The molecule has 0 saturated heterocycles. The monoisotopic (exact) mass is 336 g/mol. The van der Waals surface area contributed by atoms with E-state index in [1.54, 1.807) is 33.5 Å². The summed E-state index contributed by atoms with van der Waals surface area (Å²) < 4.78 is 16.0. The molecule has 7 nitrogen and oxygen atoms in total. The summed E-state index contributed by atoms with van der Waals surface area (Å²) in [5, 5.41) is 6.90. The number of carbonyl (C=O) groups excluding carboxylic acids is 1. The molecule has 1 heterocycles. The van der Waals surface area contributed by atoms with Crippen LogP contribution in [0.5, 0.6) is 17.2 Å². The van der Waals surface area contributed by atoms with E-state index in [9.17, 15) is 4.79 Å². The molecule has 1 aromatic rings. The van der Waals surface area contributed by atoms with Crippen molar-refractivity contribution >= 4 is 11.6 Å². The lowest BCUT2D eigenvalue weighted by Gasteiger charge is -2.14. The summed E-state index contributed by atoms with van der Waals surface area (Å²) in [5.74, 6) is 1.79. The molecule has 0 aliphatic carbocycles. The number of ether oxygens (including phenoxy) is 3. The van der Waals surface area contributed by atoms with Gasteiger partial charge in [-0.2, -0.15) is 0 Å². The van der Waals surface area contributed by atoms with Crippen molar-refractivity contribution in [1.29, 1.82) is 0 Å². The molecule has 0 fully saturated rings. The van der Waals surface area contributed by atoms with Gasteiger partial charge in [-0.15, -0.1) is 0 Å². The Morgan fingerprint density at radius 2 is 1.88 bits per heavy atom. The predicted molar refractivity (Wildman–Crippen MR) is 90.0 cm³/mol. The molecule has 0 radical (unpaired) electrons. The standard InChI is InChI=1S/C17H24N2O5/c1-10(2)9-18-17(20)15-8-12(19-24-15)11-6-13(21-3)16(23-5)14(7-11)22-4/h6-7,10,15H,8-9H2,1-5H3,(H,18,20)/t15-/m0/s1. The van der Waals surface area contributed by atoms with Crippen molar-refractivity contribution in [2.75, 3.05) is 27.9 Å². The summed E-state index contributed by atoms with van der Waals surface area (Å²) in [6, 6.07) is 3.58. The Labute approximate surface area is 141 Å². The first-order valence-corrected chi connectivity index (χ1v) is 7.80. The van der Waals surface area contributed by atoms with Crippen LogP contribution in [0.4, 0.5) is 0 Å². The number of nitrogens with zero attached hydrogens (tertiary/aromatic N) is 1. The summed E-state index contributed by atoms with van der Waals surface area (Å²) in [5.41, 5.74) is 1.43. The van der Waals surface area contributed by atoms with Crippen molar-refractivity contribution in [3.63, 3.8) is 0 Å². The number of carbonyl (C=O) groups is 1. The minimum atomic E-state index is -0.613. The van der Waals surface area contributed by atoms with Crippen LogP contribution in [0.2, 0.25) is 0 Å². The fourth-order valence-corrected chi connectivity index (χ4v) is 2.35. The Balaban J connectivity index is 2.14. The third-order valence-electron chi connectivity index (χ3n) is 3.64. The van der Waals surface area contributed by atoms with Gasteiger partial charge in [0.25, 0.3) is 5.91 Å². The van der Waals surface area contributed by atoms with Crippen molar-refractivity contribution in [3.8, 4) is 17.2 Å². The van der Waals surface area contributed by atoms with E-state index in [0.29, 0.717) is 41.8 Å². The average molecular weight is 336 g/mol. The first-order chi connectivity index (χ1) is 11.5. The van der Waals surface area contributed by atoms with Crippen molar-refractivity contribution in [1.82, 2.24) is 5.32 Å². The molecule has 0 aromatic heterocycles. The van der Waals surface area contributed by atoms with Gasteiger partial charge in [0.05, 0.1) is 27.0 Å². The van der Waals surface area contributed by atoms with E-state index in [0.717, 1.165) is 5.56 Å². The van der Waals surface area contributed by atoms with Crippen LogP contribution >= 0.6 is 0 Å². The topological polar surface area (TPSA) is 78.4 Å². The van der Waals surface area contributed by atoms with Crippen molar-refractivity contribution < 1.29 is 23.8 Å². The van der Waals surface area contributed by atoms with E-state index in [4.69, 9.17) is 19.0 Å². The lowest BCUT2D eigenvalue weighted by Crippen LogP contribution is -2.36. The van der Waals surface area contributed by atoms with Crippen LogP contribution in [0, 0.1) is 5.92 Å². The van der Waals surface area contributed by atoms with Gasteiger partial charge in [0.2, 0.25) is 11.9 Å². The fourth-order valence-electron chi connectivity index (χ4n) is 2.35. The van der Waals surface area contributed by atoms with E-state index >= 15 is 0 Å². The summed E-state index contributed by atoms with van der Waals surface area (Å²) in [6.45, 7) is 4.68. The highest BCUT2D eigenvalue weighted by Crippen LogP contribution is 2.39. The van der Waals surface area contributed by atoms with Crippen LogP contribution in [0.25, 0.3) is 0 Å². The molecular weight excluding hydrogens is 312 g/mol. The lowest BCUT2D eigenvalue weighted by molar-refractivity contribution is -0.131. The first kappa shape index (κ1) is 17.9. The van der Waals surface area contributed by atoms with Gasteiger partial charge in [0.1, 0.15) is 0 Å². The molecule has 132 valence electrons. The van der Waals surface area contributed by atoms with Crippen molar-refractivity contribution in [3.05, 3.63) is 17.7 Å². The van der Waals surface area contributed by atoms with Gasteiger partial charge in [0, 0.05) is 18.5 Å². The third-order valence-corrected chi connectivity index (χ3v) is 3.64. The van der Waals surface area contributed by atoms with Crippen LogP contribution in [0.1, 0.15) is 25.8 Å². The number of nitrogens with one attached hydrogen (secondary N) is 1. The SMILES string of the molecule is COc1cc(C2=NO[C@H](C(=O)NCC(C)C)C2)cc(OC)c1OC. The van der Waals surface area contributed by atoms with Crippen LogP contribution in [-0.4, -0.2) is 45.6 Å². The highest BCUT2D eigenvalue weighted by atomic mass is 16.6. The second-order valence-corrected chi connectivity index (χ2v) is 5.89. The smallest absolute Gasteiger partial charge is 0.264 e. The third kappa shape index (κ3) is 3.90. The highest BCUT2D eigenvalue weighted by Gasteiger charge is 2.30. The van der Waals surface area contributed by atoms with Gasteiger partial charge in [-0.3, -0.25) is 4.79 Å². The molecule has 0 bridgehead atoms. The Morgan fingerprint density at radius 3 is 2.38 bits per heavy atom. The van der Waals surface area contributed by atoms with Gasteiger partial charge in [-0.05, 0) is 18.1 Å². The second-order valence-electron chi connectivity index (χ2n) is 5.89. The van der Waals surface area contributed by atoms with E-state index in [1.165, 1.54) is 0 Å². The van der Waals surface area contributed by atoms with Crippen molar-refractivity contribution in [2.24, 2.45) is 11.1 Å². The fraction of sp³-hybridized carbons (Fsp3) is 0.529. The van der Waals surface area contributed by atoms with Crippen LogP contribution in [0.15, 0.2) is 17.3 Å². The molecule has 0 unspecified atom stereocenters. The zero-order chi connectivity index (χ0) is 17.7. The molecule has 0 spiro atoms. The number of hydrogen-bond acceptors (Lipinski definition) is 6. The van der Waals surface area contributed by atoms with Gasteiger partial charge in [-0.1, -0.05) is 19.0 Å². The first-order valence-electron chi connectivity index (χ1n) is 7.80. The van der Waals surface area contributed by atoms with E-state index < -0.39 is 6.10 Å². The van der Waals surface area contributed by atoms with Gasteiger partial charge >= 0.3 is 0 Å². The van der Waals surface area contributed by atoms with Gasteiger partial charge in [-0.25, -0.2) is 0 Å². The largest absolute Gasteiger partial charge is 0.493 e. The molecule has 1 atom stereocenters. The zero-order valence-corrected chi connectivity index (χ0v) is 14.7. The summed E-state index contributed by atoms with van der Waals surface area (Å²) in [4.78, 5) is 17.4. The number of rotatable bonds is 7. The van der Waals surface area contributed by atoms with Crippen LogP contribution in [0.3, 0.4) is 0 Å². The Kier molecular flexibility index (Phi) is 5.89. The summed E-state index contributed by atoms with van der Waals surface area (Å²) in [7, 11) is 4.65. The quantitative estimate of drug-likeness (QED) is 0.824. The molecule has 7 heteroatoms. The molecule has 24 heavy (non-hydrogen) atoms. The van der Waals surface area contributed by atoms with Gasteiger partial charge < -0.3 is 24.4 Å². The molecule has 1 amide bonds. The Bertz CT molecular complexity index is 602. The second kappa shape index (κ2) is 7.90. The molecule has 2 rings (SSSR count). The van der Waals surface area contributed by atoms with E-state index in [-0.39, 0.29) is 5.91 Å². The minimum Gasteiger partial charge on any atom is -0.493 e. The minimum absolute atomic E-state index is 0.158. The van der Waals surface area contributed by atoms with Crippen LogP contribution < -0.4 is 19.5 Å². The Morgan fingerprint density at radius 1 is 1.25 bits per heavy atom. The lowest BCUT2D eigenvalue weighted by atomic mass is 10.0. The number of benzene rings is 1. The molecule has 1 aliphatic heterocycles. The molecular formula is C17H24N2O5. The van der Waals surface area contributed by atoms with Gasteiger partial charge in [0.15, 0.2) is 11.5 Å². The predicted octanol–water partition coefficient (Wildman–Crippen LogP) is 1.98. The molecule has 1 aromatic carbocycles. The maximum atomic E-state index is 12.1. The number of oxime groups is 1. The van der Waals surface area contributed by atoms with E-state index in [1.807, 2.05) is 13.8 Å². The normalized spacial score (nSPS) is 16.4. The van der Waals surface area contributed by atoms with E-state index in [2.05, 4.69) is 10.5 Å². The maximum Gasteiger partial charge on any atom is 0.264 e. The highest BCUT2D eigenvalue weighted by molar-refractivity contribution is 6.04. The van der Waals surface area contributed by atoms with Crippen LogP contribution in [-0.2, 0) is 9.63 Å². The molecule has 1 N–H and O–H groups in total. The Hall–Kier alpha value is -2.44. The number of hydrogen-bond donors (Lipinski definition) is 1. The summed E-state index contributed by atoms with van der Waals surface area (Å²) >= 11 is 0. The molecule has 0 saturated carbocycles. The summed E-state index contributed by atoms with van der Waals surface area (Å²) in [6.07, 6.45) is -0.222. The average Bonchev–Trinajstić information content (AvgIpc) is 3.08.